The number of nitrogens with zero attached hydrogens (tertiary/aromatic N) is 2. The van der Waals surface area contributed by atoms with Gasteiger partial charge in [0.05, 0.1) is 0 Å². The van der Waals surface area contributed by atoms with E-state index in [4.69, 9.17) is 0 Å². The summed E-state index contributed by atoms with van der Waals surface area (Å²) in [6, 6.07) is 2.62. The monoisotopic (exact) mass is 247 g/mol. The average molecular weight is 247 g/mol. The first-order chi connectivity index (χ1) is 8.58. The highest BCUT2D eigenvalue weighted by atomic mass is 15.1. The fourth-order valence-corrected chi connectivity index (χ4v) is 2.22. The van der Waals surface area contributed by atoms with Gasteiger partial charge in [0, 0.05) is 23.7 Å². The fraction of sp³-hybridized carbons (Fsp3) is 0.733. The average Bonchev–Trinajstić information content (AvgIpc) is 3.11. The quantitative estimate of drug-likeness (QED) is 0.828. The number of aromatic nitrogens is 2. The van der Waals surface area contributed by atoms with E-state index in [1.54, 1.807) is 0 Å². The lowest BCUT2D eigenvalue weighted by molar-refractivity contribution is 0.584. The number of nitrogens with one attached hydrogen (secondary N) is 1. The van der Waals surface area contributed by atoms with Gasteiger partial charge in [0.25, 0.3) is 0 Å². The standard InChI is InChI=1S/C15H25N3/c1-5-13(9-12-6-7-12)17-14-8-11(4)16-15(18-14)10(2)3/h8,10,12-13H,5-7,9H2,1-4H3,(H,16,17,18). The zero-order valence-electron chi connectivity index (χ0n) is 12.0. The maximum atomic E-state index is 4.63. The molecule has 3 nitrogen and oxygen atoms in total. The van der Waals surface area contributed by atoms with E-state index in [0.717, 1.165) is 29.7 Å². The molecule has 0 radical (unpaired) electrons. The lowest BCUT2D eigenvalue weighted by Crippen LogP contribution is -2.20. The van der Waals surface area contributed by atoms with Gasteiger partial charge in [-0.2, -0.15) is 0 Å². The fourth-order valence-electron chi connectivity index (χ4n) is 2.22. The van der Waals surface area contributed by atoms with Crippen molar-refractivity contribution in [2.45, 2.75) is 65.3 Å². The highest BCUT2D eigenvalue weighted by Gasteiger charge is 2.24. The molecule has 1 heterocycles. The minimum Gasteiger partial charge on any atom is -0.367 e. The Bertz CT molecular complexity index is 397. The van der Waals surface area contributed by atoms with E-state index in [0.29, 0.717) is 12.0 Å². The Labute approximate surface area is 110 Å². The molecule has 1 unspecified atom stereocenters. The lowest BCUT2D eigenvalue weighted by Gasteiger charge is -2.18. The minimum atomic E-state index is 0.383. The third-order valence-corrected chi connectivity index (χ3v) is 3.55. The normalized spacial score (nSPS) is 16.9. The second kappa shape index (κ2) is 5.68. The van der Waals surface area contributed by atoms with Crippen LogP contribution in [0, 0.1) is 12.8 Å². The first-order valence-electron chi connectivity index (χ1n) is 7.20. The van der Waals surface area contributed by atoms with Gasteiger partial charge in [-0.3, -0.25) is 0 Å². The molecule has 2 rings (SSSR count). The van der Waals surface area contributed by atoms with Crippen LogP contribution >= 0.6 is 0 Å². The molecule has 0 bridgehead atoms. The summed E-state index contributed by atoms with van der Waals surface area (Å²) in [7, 11) is 0. The lowest BCUT2D eigenvalue weighted by atomic mass is 10.1. The molecule has 18 heavy (non-hydrogen) atoms. The molecule has 1 fully saturated rings. The van der Waals surface area contributed by atoms with Crippen molar-refractivity contribution in [1.29, 1.82) is 0 Å². The van der Waals surface area contributed by atoms with Gasteiger partial charge < -0.3 is 5.32 Å². The van der Waals surface area contributed by atoms with Crippen molar-refractivity contribution in [2.75, 3.05) is 5.32 Å². The van der Waals surface area contributed by atoms with Crippen molar-refractivity contribution in [3.8, 4) is 0 Å². The van der Waals surface area contributed by atoms with E-state index in [1.807, 2.05) is 6.92 Å². The molecule has 1 aliphatic carbocycles. The first-order valence-corrected chi connectivity index (χ1v) is 7.20. The maximum Gasteiger partial charge on any atom is 0.133 e. The topological polar surface area (TPSA) is 37.8 Å². The Morgan fingerprint density at radius 3 is 2.61 bits per heavy atom. The predicted octanol–water partition coefficient (Wildman–Crippen LogP) is 3.90. The number of aryl methyl sites for hydroxylation is 1. The van der Waals surface area contributed by atoms with E-state index < -0.39 is 0 Å². The van der Waals surface area contributed by atoms with Crippen LogP contribution in [0.25, 0.3) is 0 Å². The van der Waals surface area contributed by atoms with Gasteiger partial charge in [-0.15, -0.1) is 0 Å². The molecule has 0 spiro atoms. The molecule has 0 amide bonds. The molecule has 100 valence electrons. The maximum absolute atomic E-state index is 4.63. The smallest absolute Gasteiger partial charge is 0.133 e. The Morgan fingerprint density at radius 1 is 1.33 bits per heavy atom. The molecular formula is C15H25N3. The predicted molar refractivity (Wildman–Crippen MR) is 75.9 cm³/mol. The van der Waals surface area contributed by atoms with Gasteiger partial charge in [-0.1, -0.05) is 33.6 Å². The van der Waals surface area contributed by atoms with Crippen LogP contribution < -0.4 is 5.32 Å². The van der Waals surface area contributed by atoms with Crippen molar-refractivity contribution in [3.63, 3.8) is 0 Å². The number of hydrogen-bond donors (Lipinski definition) is 1. The van der Waals surface area contributed by atoms with Crippen LogP contribution in [0.3, 0.4) is 0 Å². The third-order valence-electron chi connectivity index (χ3n) is 3.55. The van der Waals surface area contributed by atoms with E-state index >= 15 is 0 Å². The third kappa shape index (κ3) is 3.69. The van der Waals surface area contributed by atoms with Crippen molar-refractivity contribution >= 4 is 5.82 Å². The molecule has 3 heteroatoms. The van der Waals surface area contributed by atoms with Gasteiger partial charge in [0.1, 0.15) is 11.6 Å². The Hall–Kier alpha value is -1.12. The van der Waals surface area contributed by atoms with Crippen LogP contribution in [-0.4, -0.2) is 16.0 Å². The molecule has 1 aliphatic rings. The SMILES string of the molecule is CCC(CC1CC1)Nc1cc(C)nc(C(C)C)n1. The Kier molecular flexibility index (Phi) is 4.20. The van der Waals surface area contributed by atoms with Crippen LogP contribution in [0.2, 0.25) is 0 Å². The Morgan fingerprint density at radius 2 is 2.06 bits per heavy atom. The Balaban J connectivity index is 2.06. The van der Waals surface area contributed by atoms with E-state index in [9.17, 15) is 0 Å². The number of anilines is 1. The van der Waals surface area contributed by atoms with Crippen molar-refractivity contribution in [1.82, 2.24) is 9.97 Å². The van der Waals surface area contributed by atoms with Crippen molar-refractivity contribution < 1.29 is 0 Å². The van der Waals surface area contributed by atoms with E-state index in [-0.39, 0.29) is 0 Å². The van der Waals surface area contributed by atoms with Crippen molar-refractivity contribution in [3.05, 3.63) is 17.6 Å². The molecule has 1 saturated carbocycles. The molecule has 0 saturated heterocycles. The van der Waals surface area contributed by atoms with Gasteiger partial charge in [0.15, 0.2) is 0 Å². The van der Waals surface area contributed by atoms with Crippen LogP contribution in [0.1, 0.15) is 63.9 Å². The highest BCUT2D eigenvalue weighted by molar-refractivity contribution is 5.37. The molecule has 0 aromatic carbocycles. The second-order valence-corrected chi connectivity index (χ2v) is 5.84. The molecule has 1 atom stereocenters. The van der Waals surface area contributed by atoms with Crippen LogP contribution in [0.15, 0.2) is 6.07 Å². The first kappa shape index (κ1) is 13.3. The number of hydrogen-bond acceptors (Lipinski definition) is 3. The van der Waals surface area contributed by atoms with Crippen LogP contribution in [0.4, 0.5) is 5.82 Å². The molecule has 1 aromatic rings. The summed E-state index contributed by atoms with van der Waals surface area (Å²) in [5.74, 6) is 3.28. The summed E-state index contributed by atoms with van der Waals surface area (Å²) in [4.78, 5) is 9.11. The summed E-state index contributed by atoms with van der Waals surface area (Å²) >= 11 is 0. The molecule has 1 N–H and O–H groups in total. The zero-order valence-corrected chi connectivity index (χ0v) is 12.0. The molecular weight excluding hydrogens is 222 g/mol. The summed E-state index contributed by atoms with van der Waals surface area (Å²) in [6.07, 6.45) is 5.28. The van der Waals surface area contributed by atoms with Gasteiger partial charge in [0.2, 0.25) is 0 Å². The zero-order chi connectivity index (χ0) is 13.1. The van der Waals surface area contributed by atoms with E-state index in [2.05, 4.69) is 42.1 Å². The molecule has 0 aliphatic heterocycles. The van der Waals surface area contributed by atoms with Crippen molar-refractivity contribution in [2.24, 2.45) is 5.92 Å². The highest BCUT2D eigenvalue weighted by Crippen LogP contribution is 2.34. The summed E-state index contributed by atoms with van der Waals surface area (Å²) in [5, 5.41) is 3.58. The summed E-state index contributed by atoms with van der Waals surface area (Å²) in [6.45, 7) is 8.57. The van der Waals surface area contributed by atoms with Gasteiger partial charge >= 0.3 is 0 Å². The van der Waals surface area contributed by atoms with Crippen LogP contribution in [0.5, 0.6) is 0 Å². The van der Waals surface area contributed by atoms with Crippen LogP contribution in [-0.2, 0) is 0 Å². The minimum absolute atomic E-state index is 0.383. The van der Waals surface area contributed by atoms with Gasteiger partial charge in [-0.25, -0.2) is 9.97 Å². The summed E-state index contributed by atoms with van der Waals surface area (Å²) < 4.78 is 0. The second-order valence-electron chi connectivity index (χ2n) is 5.84. The molecule has 1 aromatic heterocycles. The largest absolute Gasteiger partial charge is 0.367 e. The summed E-state index contributed by atoms with van der Waals surface area (Å²) in [5.41, 5.74) is 1.05. The van der Waals surface area contributed by atoms with E-state index in [1.165, 1.54) is 19.3 Å². The van der Waals surface area contributed by atoms with Gasteiger partial charge in [-0.05, 0) is 25.7 Å². The number of rotatable bonds is 6.